The van der Waals surface area contributed by atoms with E-state index in [9.17, 15) is 0 Å². The fourth-order valence-corrected chi connectivity index (χ4v) is 9.69. The second-order valence-corrected chi connectivity index (χ2v) is 16.3. The van der Waals surface area contributed by atoms with Gasteiger partial charge in [0.2, 0.25) is 0 Å². The Bertz CT molecular complexity index is 3030. The van der Waals surface area contributed by atoms with E-state index in [1.807, 2.05) is 11.3 Å². The molecule has 0 radical (unpaired) electrons. The Morgan fingerprint density at radius 1 is 0.538 bits per heavy atom. The maximum Gasteiger partial charge on any atom is 0.494 e. The number of benzene rings is 7. The van der Waals surface area contributed by atoms with Gasteiger partial charge < -0.3 is 18.6 Å². The molecule has 0 aliphatic carbocycles. The zero-order valence-electron chi connectivity index (χ0n) is 29.5. The monoisotopic (exact) mass is 690 g/mol. The molecular weight excluding hydrogens is 655 g/mol. The van der Waals surface area contributed by atoms with E-state index in [4.69, 9.17) is 9.31 Å². The first-order valence-corrected chi connectivity index (χ1v) is 18.8. The van der Waals surface area contributed by atoms with Crippen molar-refractivity contribution >= 4 is 110 Å². The van der Waals surface area contributed by atoms with Crippen LogP contribution in [0.4, 0.5) is 17.1 Å². The summed E-state index contributed by atoms with van der Waals surface area (Å²) >= 11 is 1.87. The van der Waals surface area contributed by atoms with Crippen LogP contribution in [0.2, 0.25) is 0 Å². The molecule has 6 heteroatoms. The van der Waals surface area contributed by atoms with Crippen molar-refractivity contribution in [1.29, 1.82) is 0 Å². The SMILES string of the molecule is CC1(C)OB(c2cc3c4cccc5sc6cccc(c6c54)n4c5ccc(N(c6ccccc6)c6cccc7ccccc67)cc5c(c2)c34)OC1(C)C. The van der Waals surface area contributed by atoms with Crippen molar-refractivity contribution in [2.75, 3.05) is 4.90 Å². The summed E-state index contributed by atoms with van der Waals surface area (Å²) in [5, 5.41) is 9.90. The third kappa shape index (κ3) is 4.11. The highest BCUT2D eigenvalue weighted by Crippen LogP contribution is 2.47. The predicted octanol–water partition coefficient (Wildman–Crippen LogP) is 12.1. The summed E-state index contributed by atoms with van der Waals surface area (Å²) in [6.45, 7) is 8.51. The lowest BCUT2D eigenvalue weighted by molar-refractivity contribution is 0.00578. The average Bonchev–Trinajstić information content (AvgIpc) is 3.74. The molecule has 0 N–H and O–H groups in total. The zero-order valence-corrected chi connectivity index (χ0v) is 30.3. The molecule has 1 aliphatic heterocycles. The van der Waals surface area contributed by atoms with Gasteiger partial charge in [0.25, 0.3) is 0 Å². The average molecular weight is 691 g/mol. The Balaban J connectivity index is 1.28. The number of hydrogen-bond acceptors (Lipinski definition) is 4. The van der Waals surface area contributed by atoms with Crippen LogP contribution in [0.1, 0.15) is 27.7 Å². The Kier molecular flexibility index (Phi) is 6.16. The van der Waals surface area contributed by atoms with E-state index in [1.165, 1.54) is 69.0 Å². The number of hydrogen-bond donors (Lipinski definition) is 0. The Morgan fingerprint density at radius 2 is 1.19 bits per heavy atom. The first-order chi connectivity index (χ1) is 25.3. The van der Waals surface area contributed by atoms with Gasteiger partial charge in [-0.25, -0.2) is 0 Å². The van der Waals surface area contributed by atoms with Crippen LogP contribution in [0.15, 0.2) is 140 Å². The first-order valence-electron chi connectivity index (χ1n) is 18.0. The molecule has 250 valence electrons. The van der Waals surface area contributed by atoms with Crippen molar-refractivity contribution in [2.45, 2.75) is 38.9 Å². The van der Waals surface area contributed by atoms with Gasteiger partial charge in [0.05, 0.1) is 33.4 Å². The van der Waals surface area contributed by atoms with Crippen LogP contribution in [0.25, 0.3) is 69.0 Å². The minimum Gasteiger partial charge on any atom is -0.399 e. The summed E-state index contributed by atoms with van der Waals surface area (Å²) in [4.78, 5) is 2.40. The number of nitrogens with zero attached hydrogens (tertiary/aromatic N) is 2. The van der Waals surface area contributed by atoms with Crippen LogP contribution in [0, 0.1) is 0 Å². The molecule has 0 saturated carbocycles. The molecule has 1 saturated heterocycles. The second-order valence-electron chi connectivity index (χ2n) is 15.2. The minimum absolute atomic E-state index is 0.452. The van der Waals surface area contributed by atoms with Crippen LogP contribution in [0.3, 0.4) is 0 Å². The van der Waals surface area contributed by atoms with Gasteiger partial charge in [-0.15, -0.1) is 11.3 Å². The van der Waals surface area contributed by atoms with E-state index in [0.29, 0.717) is 0 Å². The molecule has 11 rings (SSSR count). The van der Waals surface area contributed by atoms with Gasteiger partial charge in [-0.05, 0) is 98.5 Å². The van der Waals surface area contributed by atoms with E-state index in [1.54, 1.807) is 0 Å². The van der Waals surface area contributed by atoms with Gasteiger partial charge in [-0.2, -0.15) is 0 Å². The van der Waals surface area contributed by atoms with Crippen molar-refractivity contribution in [3.8, 4) is 0 Å². The molecule has 0 unspecified atom stereocenters. The second kappa shape index (κ2) is 10.6. The third-order valence-corrected chi connectivity index (χ3v) is 12.8. The third-order valence-electron chi connectivity index (χ3n) is 11.7. The molecule has 4 heterocycles. The van der Waals surface area contributed by atoms with E-state index >= 15 is 0 Å². The van der Waals surface area contributed by atoms with Crippen LogP contribution in [-0.2, 0) is 9.31 Å². The van der Waals surface area contributed by atoms with E-state index in [-0.39, 0.29) is 0 Å². The Hall–Kier alpha value is -5.40. The fourth-order valence-electron chi connectivity index (χ4n) is 8.53. The topological polar surface area (TPSA) is 26.1 Å². The number of aromatic nitrogens is 1. The Labute approximate surface area is 305 Å². The van der Waals surface area contributed by atoms with Crippen molar-refractivity contribution < 1.29 is 9.31 Å². The van der Waals surface area contributed by atoms with Crippen molar-refractivity contribution in [3.05, 3.63) is 140 Å². The molecule has 10 aromatic rings. The smallest absolute Gasteiger partial charge is 0.399 e. The van der Waals surface area contributed by atoms with E-state index in [0.717, 1.165) is 22.5 Å². The predicted molar refractivity (Wildman–Crippen MR) is 222 cm³/mol. The van der Waals surface area contributed by atoms with E-state index in [2.05, 4.69) is 177 Å². The quantitative estimate of drug-likeness (QED) is 0.172. The summed E-state index contributed by atoms with van der Waals surface area (Å²) < 4.78 is 18.6. The lowest BCUT2D eigenvalue weighted by atomic mass is 9.77. The van der Waals surface area contributed by atoms with Crippen LogP contribution in [0.5, 0.6) is 0 Å². The molecule has 0 amide bonds. The number of fused-ring (bicyclic) bond motifs is 6. The van der Waals surface area contributed by atoms with Gasteiger partial charge in [0, 0.05) is 53.1 Å². The summed E-state index contributed by atoms with van der Waals surface area (Å²) in [6.07, 6.45) is 0. The molecule has 0 bridgehead atoms. The highest BCUT2D eigenvalue weighted by atomic mass is 32.1. The Morgan fingerprint density at radius 3 is 2.00 bits per heavy atom. The molecule has 7 aromatic carbocycles. The molecule has 52 heavy (non-hydrogen) atoms. The summed E-state index contributed by atoms with van der Waals surface area (Å²) in [7, 11) is -0.490. The van der Waals surface area contributed by atoms with Crippen LogP contribution in [-0.4, -0.2) is 22.7 Å². The number of anilines is 3. The summed E-state index contributed by atoms with van der Waals surface area (Å²) in [5.74, 6) is 0. The standard InChI is InChI=1S/C46H35BN2O2S/c1-45(2)46(3,4)51-47(50-45)29-25-35-33-18-11-21-40-42(33)43-39(20-12-22-41(43)52-40)49-38-24-23-31(27-34(38)36(26-29)44(35)49)48(30-15-6-5-7-16-30)37-19-10-14-28-13-8-9-17-32(28)37/h5-27H,1-4H3. The molecule has 4 nitrogen and oxygen atoms in total. The zero-order chi connectivity index (χ0) is 34.9. The maximum atomic E-state index is 6.73. The van der Waals surface area contributed by atoms with Gasteiger partial charge in [0.1, 0.15) is 0 Å². The van der Waals surface area contributed by atoms with Crippen molar-refractivity contribution in [3.63, 3.8) is 0 Å². The maximum absolute atomic E-state index is 6.73. The van der Waals surface area contributed by atoms with Crippen molar-refractivity contribution in [1.82, 2.24) is 4.40 Å². The molecule has 1 aliphatic rings. The number of para-hydroxylation sites is 1. The molecule has 3 aromatic heterocycles. The summed E-state index contributed by atoms with van der Waals surface area (Å²) in [6, 6.07) is 51.1. The normalized spacial score (nSPS) is 15.8. The number of rotatable bonds is 4. The van der Waals surface area contributed by atoms with Crippen molar-refractivity contribution in [2.24, 2.45) is 0 Å². The van der Waals surface area contributed by atoms with Crippen LogP contribution < -0.4 is 10.4 Å². The van der Waals surface area contributed by atoms with E-state index < -0.39 is 18.3 Å². The molecule has 1 fully saturated rings. The van der Waals surface area contributed by atoms with Crippen LogP contribution >= 0.6 is 11.3 Å². The summed E-state index contributed by atoms with van der Waals surface area (Å²) in [5.41, 5.74) is 7.10. The van der Waals surface area contributed by atoms with Gasteiger partial charge >= 0.3 is 7.12 Å². The highest BCUT2D eigenvalue weighted by Gasteiger charge is 2.52. The largest absolute Gasteiger partial charge is 0.494 e. The minimum atomic E-state index is -0.490. The highest BCUT2D eigenvalue weighted by molar-refractivity contribution is 7.26. The lowest BCUT2D eigenvalue weighted by Crippen LogP contribution is -2.41. The lowest BCUT2D eigenvalue weighted by Gasteiger charge is -2.32. The number of thiophene rings is 1. The molecule has 0 atom stereocenters. The first kappa shape index (κ1) is 30.3. The molecule has 0 spiro atoms. The van der Waals surface area contributed by atoms with Gasteiger partial charge in [0.15, 0.2) is 0 Å². The fraction of sp³-hybridized carbons (Fsp3) is 0.130. The molecular formula is C46H35BN2O2S. The van der Waals surface area contributed by atoms with Gasteiger partial charge in [-0.1, -0.05) is 84.9 Å². The van der Waals surface area contributed by atoms with Gasteiger partial charge in [-0.3, -0.25) is 0 Å².